The van der Waals surface area contributed by atoms with Crippen LogP contribution in [0.25, 0.3) is 11.4 Å². The summed E-state index contributed by atoms with van der Waals surface area (Å²) in [5.41, 5.74) is 4.99. The Morgan fingerprint density at radius 1 is 0.969 bits per heavy atom. The van der Waals surface area contributed by atoms with Crippen molar-refractivity contribution in [2.75, 3.05) is 63.6 Å². The molecular weight excluding hydrogens is 418 g/mol. The van der Waals surface area contributed by atoms with Crippen molar-refractivity contribution in [2.24, 2.45) is 0 Å². The van der Waals surface area contributed by atoms with Crippen molar-refractivity contribution >= 4 is 17.6 Å². The van der Waals surface area contributed by atoms with E-state index in [1.165, 1.54) is 49.3 Å². The number of hydrogen-bond acceptors (Lipinski definition) is 7. The number of hydrogen-bond donors (Lipinski definition) is 1. The number of rotatable bonds is 8. The largest absolute Gasteiger partial charge is 0.379 e. The van der Waals surface area contributed by atoms with Gasteiger partial charge >= 0.3 is 0 Å². The fourth-order valence-electron chi connectivity index (χ4n) is 4.80. The summed E-state index contributed by atoms with van der Waals surface area (Å²) in [4.78, 5) is 15.0. The zero-order valence-corrected chi connectivity index (χ0v) is 19.8. The van der Waals surface area contributed by atoms with Crippen LogP contribution in [-0.4, -0.2) is 78.0 Å². The Labute approximate surface area is 196 Å². The monoisotopic (exact) mass is 453 g/mol. The Hall–Kier alpha value is -1.67. The molecule has 5 rings (SSSR count). The predicted octanol–water partition coefficient (Wildman–Crippen LogP) is 3.66. The maximum absolute atomic E-state index is 5.46. The Balaban J connectivity index is 1.27. The first-order valence-electron chi connectivity index (χ1n) is 12.2. The van der Waals surface area contributed by atoms with E-state index in [9.17, 15) is 0 Å². The highest BCUT2D eigenvalue weighted by Gasteiger charge is 2.19. The molecule has 0 bridgehead atoms. The molecule has 0 radical (unpaired) electrons. The van der Waals surface area contributed by atoms with E-state index < -0.39 is 0 Å². The molecule has 0 aliphatic carbocycles. The zero-order chi connectivity index (χ0) is 21.6. The molecule has 1 N–H and O–H groups in total. The van der Waals surface area contributed by atoms with E-state index in [4.69, 9.17) is 14.7 Å². The van der Waals surface area contributed by atoms with Crippen molar-refractivity contribution in [1.82, 2.24) is 19.8 Å². The molecule has 32 heavy (non-hydrogen) atoms. The average molecular weight is 454 g/mol. The number of aryl methyl sites for hydroxylation is 1. The number of morpholine rings is 1. The van der Waals surface area contributed by atoms with Gasteiger partial charge in [0.05, 0.1) is 18.9 Å². The lowest BCUT2D eigenvalue weighted by molar-refractivity contribution is 0.0342. The minimum Gasteiger partial charge on any atom is -0.379 e. The van der Waals surface area contributed by atoms with Gasteiger partial charge < -0.3 is 15.0 Å². The lowest BCUT2D eigenvalue weighted by atomic mass is 10.1. The zero-order valence-electron chi connectivity index (χ0n) is 19.0. The molecule has 3 aliphatic rings. The molecule has 7 heteroatoms. The number of likely N-dealkylation sites (tertiary alicyclic amines) is 1. The summed E-state index contributed by atoms with van der Waals surface area (Å²) in [5.74, 6) is 4.07. The van der Waals surface area contributed by atoms with Crippen molar-refractivity contribution in [3.8, 4) is 11.4 Å². The third kappa shape index (κ3) is 5.63. The van der Waals surface area contributed by atoms with Crippen LogP contribution in [-0.2, 0) is 23.5 Å². The second-order valence-corrected chi connectivity index (χ2v) is 10.1. The van der Waals surface area contributed by atoms with Gasteiger partial charge in [-0.15, -0.1) is 0 Å². The molecule has 6 nitrogen and oxygen atoms in total. The van der Waals surface area contributed by atoms with Crippen LogP contribution in [0.15, 0.2) is 24.3 Å². The van der Waals surface area contributed by atoms with Crippen LogP contribution < -0.4 is 5.32 Å². The van der Waals surface area contributed by atoms with Crippen LogP contribution in [0.1, 0.15) is 36.1 Å². The molecule has 0 atom stereocenters. The number of ether oxygens (including phenoxy) is 1. The van der Waals surface area contributed by atoms with E-state index in [0.29, 0.717) is 0 Å². The van der Waals surface area contributed by atoms with Crippen LogP contribution >= 0.6 is 11.8 Å². The minimum atomic E-state index is 0.840. The minimum absolute atomic E-state index is 0.840. The van der Waals surface area contributed by atoms with Crippen LogP contribution in [0.5, 0.6) is 0 Å². The standard InChI is InChI=1S/C25H35N5OS/c1-2-11-29(10-1)12-3-9-26-25-22-19-32-17-8-23(22)27-24(28-25)21-6-4-20(5-7-21)18-30-13-15-31-16-14-30/h4-7H,1-3,8-19H2,(H,26,27,28). The average Bonchev–Trinajstić information content (AvgIpc) is 3.36. The van der Waals surface area contributed by atoms with E-state index in [2.05, 4.69) is 39.4 Å². The summed E-state index contributed by atoms with van der Waals surface area (Å²) >= 11 is 1.99. The molecule has 0 amide bonds. The third-order valence-electron chi connectivity index (χ3n) is 6.69. The highest BCUT2D eigenvalue weighted by atomic mass is 32.2. The van der Waals surface area contributed by atoms with Gasteiger partial charge in [-0.05, 0) is 56.6 Å². The van der Waals surface area contributed by atoms with Crippen LogP contribution in [0.3, 0.4) is 0 Å². The van der Waals surface area contributed by atoms with Crippen molar-refractivity contribution in [3.63, 3.8) is 0 Å². The Morgan fingerprint density at radius 2 is 1.78 bits per heavy atom. The summed E-state index contributed by atoms with van der Waals surface area (Å²) in [5, 5.41) is 3.66. The molecule has 1 aromatic heterocycles. The van der Waals surface area contributed by atoms with Gasteiger partial charge in [0.25, 0.3) is 0 Å². The molecule has 0 spiro atoms. The molecule has 4 heterocycles. The number of benzene rings is 1. The smallest absolute Gasteiger partial charge is 0.161 e. The topological polar surface area (TPSA) is 53.5 Å². The first-order valence-corrected chi connectivity index (χ1v) is 13.3. The normalized spacial score (nSPS) is 19.8. The van der Waals surface area contributed by atoms with E-state index in [1.807, 2.05) is 11.8 Å². The van der Waals surface area contributed by atoms with Crippen molar-refractivity contribution in [3.05, 3.63) is 41.1 Å². The Bertz CT molecular complexity index is 879. The van der Waals surface area contributed by atoms with Crippen LogP contribution in [0.2, 0.25) is 0 Å². The van der Waals surface area contributed by atoms with Crippen LogP contribution in [0, 0.1) is 0 Å². The van der Waals surface area contributed by atoms with E-state index in [-0.39, 0.29) is 0 Å². The summed E-state index contributed by atoms with van der Waals surface area (Å²) in [6.45, 7) is 9.39. The van der Waals surface area contributed by atoms with Gasteiger partial charge in [-0.1, -0.05) is 24.3 Å². The predicted molar refractivity (Wildman–Crippen MR) is 132 cm³/mol. The lowest BCUT2D eigenvalue weighted by Gasteiger charge is -2.26. The first-order chi connectivity index (χ1) is 15.8. The summed E-state index contributed by atoms with van der Waals surface area (Å²) in [7, 11) is 0. The second kappa shape index (κ2) is 11.0. The molecule has 2 saturated heterocycles. The molecule has 1 aromatic carbocycles. The lowest BCUT2D eigenvalue weighted by Crippen LogP contribution is -2.35. The molecule has 2 aromatic rings. The van der Waals surface area contributed by atoms with Gasteiger partial charge in [0.1, 0.15) is 5.82 Å². The maximum Gasteiger partial charge on any atom is 0.161 e. The first kappa shape index (κ1) is 22.1. The van der Waals surface area contributed by atoms with Gasteiger partial charge in [0, 0.05) is 43.1 Å². The van der Waals surface area contributed by atoms with Crippen molar-refractivity contribution in [1.29, 1.82) is 0 Å². The molecule has 0 unspecified atom stereocenters. The summed E-state index contributed by atoms with van der Waals surface area (Å²) in [6.07, 6.45) is 4.92. The van der Waals surface area contributed by atoms with E-state index >= 15 is 0 Å². The fraction of sp³-hybridized carbons (Fsp3) is 0.600. The highest BCUT2D eigenvalue weighted by Crippen LogP contribution is 2.31. The number of nitrogens with one attached hydrogen (secondary N) is 1. The highest BCUT2D eigenvalue weighted by molar-refractivity contribution is 7.98. The molecule has 0 saturated carbocycles. The maximum atomic E-state index is 5.46. The summed E-state index contributed by atoms with van der Waals surface area (Å²) in [6, 6.07) is 8.83. The second-order valence-electron chi connectivity index (χ2n) is 9.04. The number of thioether (sulfide) groups is 1. The number of anilines is 1. The Morgan fingerprint density at radius 3 is 2.59 bits per heavy atom. The van der Waals surface area contributed by atoms with Gasteiger partial charge in [-0.3, -0.25) is 4.90 Å². The van der Waals surface area contributed by atoms with Gasteiger partial charge in [-0.25, -0.2) is 9.97 Å². The number of fused-ring (bicyclic) bond motifs is 1. The SMILES string of the molecule is c1cc(-c2nc3c(c(NCCCN4CCCC4)n2)CSCC3)ccc1CN1CCOCC1. The molecule has 2 fully saturated rings. The van der Waals surface area contributed by atoms with E-state index in [1.54, 1.807) is 0 Å². The number of nitrogens with zero attached hydrogens (tertiary/aromatic N) is 4. The fourth-order valence-corrected chi connectivity index (χ4v) is 5.79. The van der Waals surface area contributed by atoms with Crippen LogP contribution in [0.4, 0.5) is 5.82 Å². The van der Waals surface area contributed by atoms with Crippen molar-refractivity contribution in [2.45, 2.75) is 38.0 Å². The summed E-state index contributed by atoms with van der Waals surface area (Å²) < 4.78 is 5.46. The Kier molecular flexibility index (Phi) is 7.59. The van der Waals surface area contributed by atoms with Crippen molar-refractivity contribution < 1.29 is 4.74 Å². The van der Waals surface area contributed by atoms with Gasteiger partial charge in [0.2, 0.25) is 0 Å². The third-order valence-corrected chi connectivity index (χ3v) is 7.67. The van der Waals surface area contributed by atoms with Gasteiger partial charge in [0.15, 0.2) is 5.82 Å². The van der Waals surface area contributed by atoms with Gasteiger partial charge in [-0.2, -0.15) is 11.8 Å². The van der Waals surface area contributed by atoms with E-state index in [0.717, 1.165) is 80.9 Å². The quantitative estimate of drug-likeness (QED) is 0.612. The molecular formula is C25H35N5OS. The molecule has 3 aliphatic heterocycles. The number of aromatic nitrogens is 2. The molecule has 172 valence electrons.